The van der Waals surface area contributed by atoms with Crippen LogP contribution in [0.4, 0.5) is 14.5 Å². The number of nitrogens with one attached hydrogen (secondary N) is 2. The first-order valence-electron chi connectivity index (χ1n) is 9.41. The van der Waals surface area contributed by atoms with Gasteiger partial charge in [0.15, 0.2) is 0 Å². The van der Waals surface area contributed by atoms with Gasteiger partial charge in [0.2, 0.25) is 0 Å². The number of anilines is 1. The number of pyridine rings is 1. The van der Waals surface area contributed by atoms with Gasteiger partial charge in [-0.15, -0.1) is 12.4 Å². The standard InChI is InChI=1S/C23H15F2N5O.ClH/c24-17-3-5-18(6-4-17)29-23(31)19-7-1-14(9-20(19)25)21-12-26-22-8-2-15(13-30(21)22)16-10-27-28-11-16;/h1-13H,(H,27,28)(H,29,31);1H. The lowest BCUT2D eigenvalue weighted by Gasteiger charge is -2.08. The molecule has 32 heavy (non-hydrogen) atoms. The topological polar surface area (TPSA) is 75.1 Å². The number of rotatable bonds is 4. The monoisotopic (exact) mass is 451 g/mol. The number of nitrogens with zero attached hydrogens (tertiary/aromatic N) is 3. The van der Waals surface area contributed by atoms with Crippen molar-refractivity contribution in [1.82, 2.24) is 19.6 Å². The van der Waals surface area contributed by atoms with Crippen LogP contribution >= 0.6 is 12.4 Å². The van der Waals surface area contributed by atoms with Crippen molar-refractivity contribution in [1.29, 1.82) is 0 Å². The molecule has 0 fully saturated rings. The predicted octanol–water partition coefficient (Wildman–Crippen LogP) is 5.34. The molecule has 2 aromatic carbocycles. The van der Waals surface area contributed by atoms with Gasteiger partial charge in [-0.25, -0.2) is 13.8 Å². The number of hydrogen-bond donors (Lipinski definition) is 2. The van der Waals surface area contributed by atoms with Crippen LogP contribution in [-0.2, 0) is 0 Å². The van der Waals surface area contributed by atoms with Crippen molar-refractivity contribution >= 4 is 29.6 Å². The summed E-state index contributed by atoms with van der Waals surface area (Å²) in [6.45, 7) is 0. The Bertz CT molecular complexity index is 1400. The number of aromatic amines is 1. The minimum absolute atomic E-state index is 0. The van der Waals surface area contributed by atoms with Gasteiger partial charge in [-0.3, -0.25) is 14.3 Å². The Morgan fingerprint density at radius 1 is 0.938 bits per heavy atom. The molecule has 6 nitrogen and oxygen atoms in total. The van der Waals surface area contributed by atoms with Crippen molar-refractivity contribution in [2.45, 2.75) is 0 Å². The minimum atomic E-state index is -0.668. The van der Waals surface area contributed by atoms with E-state index in [1.54, 1.807) is 24.7 Å². The van der Waals surface area contributed by atoms with Crippen molar-refractivity contribution in [2.75, 3.05) is 5.32 Å². The highest BCUT2D eigenvalue weighted by atomic mass is 35.5. The number of amides is 1. The van der Waals surface area contributed by atoms with Crippen LogP contribution in [-0.4, -0.2) is 25.5 Å². The number of fused-ring (bicyclic) bond motifs is 1. The summed E-state index contributed by atoms with van der Waals surface area (Å²) >= 11 is 0. The van der Waals surface area contributed by atoms with E-state index < -0.39 is 17.5 Å². The smallest absolute Gasteiger partial charge is 0.258 e. The molecule has 3 aromatic heterocycles. The first kappa shape index (κ1) is 21.2. The third-order valence-corrected chi connectivity index (χ3v) is 4.95. The third kappa shape index (κ3) is 3.95. The molecule has 2 N–H and O–H groups in total. The van der Waals surface area contributed by atoms with Gasteiger partial charge in [0.05, 0.1) is 23.7 Å². The molecule has 160 valence electrons. The van der Waals surface area contributed by atoms with Crippen molar-refractivity contribution in [3.63, 3.8) is 0 Å². The van der Waals surface area contributed by atoms with E-state index in [1.807, 2.05) is 22.7 Å². The predicted molar refractivity (Wildman–Crippen MR) is 120 cm³/mol. The lowest BCUT2D eigenvalue weighted by molar-refractivity contribution is 0.102. The van der Waals surface area contributed by atoms with Crippen LogP contribution in [0.25, 0.3) is 28.0 Å². The van der Waals surface area contributed by atoms with Gasteiger partial charge < -0.3 is 5.32 Å². The van der Waals surface area contributed by atoms with E-state index in [0.29, 0.717) is 22.6 Å². The second-order valence-electron chi connectivity index (χ2n) is 6.93. The average molecular weight is 452 g/mol. The lowest BCUT2D eigenvalue weighted by atomic mass is 10.1. The summed E-state index contributed by atoms with van der Waals surface area (Å²) in [7, 11) is 0. The third-order valence-electron chi connectivity index (χ3n) is 4.95. The summed E-state index contributed by atoms with van der Waals surface area (Å²) < 4.78 is 29.7. The number of carbonyl (C=O) groups excluding carboxylic acids is 1. The molecule has 0 spiro atoms. The second kappa shape index (κ2) is 8.60. The first-order chi connectivity index (χ1) is 15.1. The number of benzene rings is 2. The minimum Gasteiger partial charge on any atom is -0.322 e. The molecule has 9 heteroatoms. The number of H-pyrrole nitrogens is 1. The molecule has 5 aromatic rings. The zero-order valence-corrected chi connectivity index (χ0v) is 17.2. The molecule has 0 aliphatic heterocycles. The largest absolute Gasteiger partial charge is 0.322 e. The second-order valence-corrected chi connectivity index (χ2v) is 6.93. The molecule has 0 aliphatic carbocycles. The van der Waals surface area contributed by atoms with Crippen LogP contribution in [0.15, 0.2) is 79.4 Å². The van der Waals surface area contributed by atoms with Gasteiger partial charge in [0.25, 0.3) is 5.91 Å². The highest BCUT2D eigenvalue weighted by Crippen LogP contribution is 2.26. The number of carbonyl (C=O) groups is 1. The number of imidazole rings is 1. The molecule has 0 radical (unpaired) electrons. The van der Waals surface area contributed by atoms with Gasteiger partial charge in [-0.2, -0.15) is 5.10 Å². The van der Waals surface area contributed by atoms with E-state index >= 15 is 0 Å². The highest BCUT2D eigenvalue weighted by Gasteiger charge is 2.15. The Morgan fingerprint density at radius 3 is 2.44 bits per heavy atom. The molecule has 0 unspecified atom stereocenters. The molecule has 3 heterocycles. The van der Waals surface area contributed by atoms with E-state index in [0.717, 1.165) is 11.1 Å². The first-order valence-corrected chi connectivity index (χ1v) is 9.41. The van der Waals surface area contributed by atoms with Gasteiger partial charge >= 0.3 is 0 Å². The number of halogens is 3. The molecule has 0 aliphatic rings. The highest BCUT2D eigenvalue weighted by molar-refractivity contribution is 6.04. The molecular formula is C23H16ClF2N5O. The van der Waals surface area contributed by atoms with Crippen molar-refractivity contribution in [2.24, 2.45) is 0 Å². The Morgan fingerprint density at radius 2 is 1.72 bits per heavy atom. The Kier molecular flexibility index (Phi) is 5.70. The maximum absolute atomic E-state index is 14.8. The quantitative estimate of drug-likeness (QED) is 0.387. The molecule has 5 rings (SSSR count). The summed E-state index contributed by atoms with van der Waals surface area (Å²) in [5.74, 6) is -1.70. The molecule has 0 saturated heterocycles. The van der Waals surface area contributed by atoms with Crippen LogP contribution in [0.2, 0.25) is 0 Å². The van der Waals surface area contributed by atoms with Crippen LogP contribution in [0.5, 0.6) is 0 Å². The van der Waals surface area contributed by atoms with E-state index in [9.17, 15) is 13.6 Å². The van der Waals surface area contributed by atoms with E-state index in [-0.39, 0.29) is 18.0 Å². The van der Waals surface area contributed by atoms with Gasteiger partial charge in [0, 0.05) is 34.8 Å². The van der Waals surface area contributed by atoms with Crippen molar-refractivity contribution < 1.29 is 13.6 Å². The fraction of sp³-hybridized carbons (Fsp3) is 0. The Balaban J connectivity index is 0.00000245. The van der Waals surface area contributed by atoms with Crippen molar-refractivity contribution in [3.8, 4) is 22.4 Å². The average Bonchev–Trinajstić information content (AvgIpc) is 3.45. The Hall–Kier alpha value is -4.04. The molecule has 0 saturated carbocycles. The van der Waals surface area contributed by atoms with E-state index in [4.69, 9.17) is 0 Å². The SMILES string of the molecule is Cl.O=C(Nc1ccc(F)cc1)c1ccc(-c2cnc3ccc(-c4cn[nH]c4)cn23)cc1F. The fourth-order valence-electron chi connectivity index (χ4n) is 3.36. The normalized spacial score (nSPS) is 10.7. The summed E-state index contributed by atoms with van der Waals surface area (Å²) in [6.07, 6.45) is 7.05. The Labute approximate surface area is 187 Å². The fourth-order valence-corrected chi connectivity index (χ4v) is 3.36. The van der Waals surface area contributed by atoms with Gasteiger partial charge in [0.1, 0.15) is 17.3 Å². The summed E-state index contributed by atoms with van der Waals surface area (Å²) in [5, 5.41) is 9.30. The summed E-state index contributed by atoms with van der Waals surface area (Å²) in [4.78, 5) is 16.8. The van der Waals surface area contributed by atoms with E-state index in [1.165, 1.54) is 36.4 Å². The lowest BCUT2D eigenvalue weighted by Crippen LogP contribution is -2.13. The van der Waals surface area contributed by atoms with Crippen LogP contribution in [0.1, 0.15) is 10.4 Å². The maximum Gasteiger partial charge on any atom is 0.258 e. The van der Waals surface area contributed by atoms with Gasteiger partial charge in [-0.1, -0.05) is 6.07 Å². The van der Waals surface area contributed by atoms with Gasteiger partial charge in [-0.05, 0) is 48.5 Å². The van der Waals surface area contributed by atoms with Crippen LogP contribution < -0.4 is 5.32 Å². The molecule has 0 bridgehead atoms. The zero-order chi connectivity index (χ0) is 21.4. The van der Waals surface area contributed by atoms with Crippen LogP contribution in [0.3, 0.4) is 0 Å². The molecule has 1 amide bonds. The van der Waals surface area contributed by atoms with Crippen molar-refractivity contribution in [3.05, 3.63) is 96.6 Å². The zero-order valence-electron chi connectivity index (χ0n) is 16.4. The summed E-state index contributed by atoms with van der Waals surface area (Å²) in [5.41, 5.74) is 4.08. The summed E-state index contributed by atoms with van der Waals surface area (Å²) in [6, 6.07) is 13.4. The number of hydrogen-bond acceptors (Lipinski definition) is 3. The van der Waals surface area contributed by atoms with Crippen LogP contribution in [0, 0.1) is 11.6 Å². The molecular weight excluding hydrogens is 436 g/mol. The maximum atomic E-state index is 14.8. The number of aromatic nitrogens is 4. The van der Waals surface area contributed by atoms with E-state index in [2.05, 4.69) is 20.5 Å². The molecule has 0 atom stereocenters.